The number of thiophene rings is 1. The number of aliphatic hydroxyl groups excluding tert-OH is 1. The second kappa shape index (κ2) is 5.26. The zero-order chi connectivity index (χ0) is 15.2. The van der Waals surface area contributed by atoms with Gasteiger partial charge >= 0.3 is 6.18 Å². The Bertz CT molecular complexity index is 540. The minimum atomic E-state index is -4.49. The molecular weight excluding hydrogens is 305 g/mol. The lowest BCUT2D eigenvalue weighted by molar-refractivity contribution is -0.137. The summed E-state index contributed by atoms with van der Waals surface area (Å²) in [7, 11) is 0. The molecular formula is C13H15F3N2O2S. The zero-order valence-corrected chi connectivity index (χ0v) is 12.0. The van der Waals surface area contributed by atoms with E-state index >= 15 is 0 Å². The summed E-state index contributed by atoms with van der Waals surface area (Å²) in [6, 6.07) is 0.152. The van der Waals surface area contributed by atoms with Crippen LogP contribution in [0.2, 0.25) is 0 Å². The number of hydrogen-bond donors (Lipinski definition) is 1. The third-order valence-electron chi connectivity index (χ3n) is 4.06. The second-order valence-electron chi connectivity index (χ2n) is 5.50. The van der Waals surface area contributed by atoms with Gasteiger partial charge < -0.3 is 10.0 Å². The molecule has 2 aliphatic heterocycles. The number of hydrogen-bond acceptors (Lipinski definition) is 4. The van der Waals surface area contributed by atoms with E-state index in [1.54, 1.807) is 0 Å². The van der Waals surface area contributed by atoms with Crippen molar-refractivity contribution in [3.63, 3.8) is 0 Å². The highest BCUT2D eigenvalue weighted by molar-refractivity contribution is 7.08. The Balaban J connectivity index is 1.62. The molecule has 1 unspecified atom stereocenters. The van der Waals surface area contributed by atoms with Gasteiger partial charge in [0.2, 0.25) is 0 Å². The smallest absolute Gasteiger partial charge is 0.392 e. The first kappa shape index (κ1) is 14.8. The number of β-amino-alcohol motifs (C(OH)–C–C–N with tert-alkyl or cyclic N) is 1. The van der Waals surface area contributed by atoms with Gasteiger partial charge in [0.25, 0.3) is 5.91 Å². The molecule has 0 bridgehead atoms. The Morgan fingerprint density at radius 3 is 2.57 bits per heavy atom. The molecule has 116 valence electrons. The Hall–Kier alpha value is -1.12. The number of carbonyl (C=O) groups excluding carboxylic acids is 1. The normalized spacial score (nSPS) is 24.4. The van der Waals surface area contributed by atoms with Gasteiger partial charge in [0, 0.05) is 43.0 Å². The number of amides is 1. The Morgan fingerprint density at radius 2 is 2.00 bits per heavy atom. The van der Waals surface area contributed by atoms with Gasteiger partial charge in [-0.15, -0.1) is 0 Å². The van der Waals surface area contributed by atoms with Crippen molar-refractivity contribution in [1.82, 2.24) is 9.80 Å². The maximum Gasteiger partial charge on any atom is 0.417 e. The van der Waals surface area contributed by atoms with Crippen LogP contribution in [0.3, 0.4) is 0 Å². The molecule has 0 radical (unpaired) electrons. The highest BCUT2D eigenvalue weighted by Crippen LogP contribution is 2.35. The molecule has 1 aromatic rings. The molecule has 1 N–H and O–H groups in total. The molecule has 3 heterocycles. The Labute approximate surface area is 123 Å². The van der Waals surface area contributed by atoms with Crippen LogP contribution in [0.15, 0.2) is 10.8 Å². The third-order valence-corrected chi connectivity index (χ3v) is 4.80. The van der Waals surface area contributed by atoms with Crippen molar-refractivity contribution in [3.05, 3.63) is 21.9 Å². The van der Waals surface area contributed by atoms with Crippen LogP contribution in [0.5, 0.6) is 0 Å². The van der Waals surface area contributed by atoms with Crippen molar-refractivity contribution in [2.75, 3.05) is 26.2 Å². The fraction of sp³-hybridized carbons (Fsp3) is 0.615. The average Bonchev–Trinajstić information content (AvgIpc) is 2.94. The SMILES string of the molecule is O=C(c1cscc1C(F)(F)F)N1CC(N2CCC(O)C2)C1. The maximum atomic E-state index is 12.8. The van der Waals surface area contributed by atoms with Crippen LogP contribution < -0.4 is 0 Å². The van der Waals surface area contributed by atoms with Crippen LogP contribution in [0.4, 0.5) is 13.2 Å². The number of halogens is 3. The lowest BCUT2D eigenvalue weighted by Crippen LogP contribution is -2.60. The van der Waals surface area contributed by atoms with Gasteiger partial charge in [-0.25, -0.2) is 0 Å². The fourth-order valence-corrected chi connectivity index (χ4v) is 3.63. The molecule has 8 heteroatoms. The highest BCUT2D eigenvalue weighted by Gasteiger charge is 2.41. The first-order valence-electron chi connectivity index (χ1n) is 6.71. The summed E-state index contributed by atoms with van der Waals surface area (Å²) in [5, 5.41) is 11.7. The van der Waals surface area contributed by atoms with Crippen LogP contribution in [0.1, 0.15) is 22.3 Å². The van der Waals surface area contributed by atoms with Crippen molar-refractivity contribution >= 4 is 17.2 Å². The van der Waals surface area contributed by atoms with Gasteiger partial charge in [0.15, 0.2) is 0 Å². The van der Waals surface area contributed by atoms with Gasteiger partial charge in [0.1, 0.15) is 0 Å². The molecule has 0 aliphatic carbocycles. The summed E-state index contributed by atoms with van der Waals surface area (Å²) < 4.78 is 38.4. The van der Waals surface area contributed by atoms with Crippen LogP contribution in [-0.4, -0.2) is 59.1 Å². The average molecular weight is 320 g/mol. The van der Waals surface area contributed by atoms with E-state index in [1.807, 2.05) is 0 Å². The van der Waals surface area contributed by atoms with E-state index in [2.05, 4.69) is 4.90 Å². The summed E-state index contributed by atoms with van der Waals surface area (Å²) in [5.74, 6) is -0.556. The number of carbonyl (C=O) groups is 1. The van der Waals surface area contributed by atoms with Crippen molar-refractivity contribution in [2.45, 2.75) is 24.7 Å². The van der Waals surface area contributed by atoms with Gasteiger partial charge in [0.05, 0.1) is 17.2 Å². The van der Waals surface area contributed by atoms with E-state index in [9.17, 15) is 23.1 Å². The molecule has 2 aliphatic rings. The van der Waals surface area contributed by atoms with Crippen LogP contribution >= 0.6 is 11.3 Å². The van der Waals surface area contributed by atoms with Crippen molar-refractivity contribution < 1.29 is 23.1 Å². The summed E-state index contributed by atoms with van der Waals surface area (Å²) in [5.41, 5.74) is -1.11. The number of aliphatic hydroxyl groups is 1. The van der Waals surface area contributed by atoms with Crippen molar-refractivity contribution in [1.29, 1.82) is 0 Å². The first-order chi connectivity index (χ1) is 9.86. The Kier molecular flexibility index (Phi) is 3.71. The van der Waals surface area contributed by atoms with E-state index in [-0.39, 0.29) is 17.7 Å². The summed E-state index contributed by atoms with van der Waals surface area (Å²) >= 11 is 0.889. The molecule has 21 heavy (non-hydrogen) atoms. The molecule has 1 aromatic heterocycles. The first-order valence-corrected chi connectivity index (χ1v) is 7.65. The van der Waals surface area contributed by atoms with E-state index in [0.717, 1.165) is 23.3 Å². The van der Waals surface area contributed by atoms with Crippen LogP contribution in [0.25, 0.3) is 0 Å². The predicted molar refractivity (Wildman–Crippen MR) is 71.2 cm³/mol. The third kappa shape index (κ3) is 2.79. The lowest BCUT2D eigenvalue weighted by Gasteiger charge is -2.44. The second-order valence-corrected chi connectivity index (χ2v) is 6.24. The maximum absolute atomic E-state index is 12.8. The summed E-state index contributed by atoms with van der Waals surface area (Å²) in [6.45, 7) is 2.22. The number of nitrogens with zero attached hydrogens (tertiary/aromatic N) is 2. The zero-order valence-electron chi connectivity index (χ0n) is 11.1. The molecule has 0 aromatic carbocycles. The standard InChI is InChI=1S/C13H15F3N2O2S/c14-13(15,16)11-7-21-6-10(11)12(20)18-3-8(4-18)17-2-1-9(19)5-17/h6-9,19H,1-5H2. The molecule has 4 nitrogen and oxygen atoms in total. The summed E-state index contributed by atoms with van der Waals surface area (Å²) in [4.78, 5) is 15.7. The largest absolute Gasteiger partial charge is 0.417 e. The van der Waals surface area contributed by atoms with E-state index < -0.39 is 17.6 Å². The molecule has 2 fully saturated rings. The van der Waals surface area contributed by atoms with Gasteiger partial charge in [-0.3, -0.25) is 9.69 Å². The number of likely N-dealkylation sites (tertiary alicyclic amines) is 2. The van der Waals surface area contributed by atoms with Gasteiger partial charge in [-0.1, -0.05) is 0 Å². The van der Waals surface area contributed by atoms with Crippen LogP contribution in [-0.2, 0) is 6.18 Å². The monoisotopic (exact) mass is 320 g/mol. The van der Waals surface area contributed by atoms with E-state index in [1.165, 1.54) is 10.3 Å². The van der Waals surface area contributed by atoms with E-state index in [4.69, 9.17) is 0 Å². The van der Waals surface area contributed by atoms with E-state index in [0.29, 0.717) is 26.1 Å². The molecule has 1 atom stereocenters. The molecule has 1 amide bonds. The summed E-state index contributed by atoms with van der Waals surface area (Å²) in [6.07, 6.45) is -4.11. The molecule has 0 spiro atoms. The quantitative estimate of drug-likeness (QED) is 0.901. The van der Waals surface area contributed by atoms with Crippen molar-refractivity contribution in [2.24, 2.45) is 0 Å². The number of alkyl halides is 3. The minimum Gasteiger partial charge on any atom is -0.392 e. The fourth-order valence-electron chi connectivity index (χ4n) is 2.80. The topological polar surface area (TPSA) is 43.8 Å². The lowest BCUT2D eigenvalue weighted by atomic mass is 10.0. The van der Waals surface area contributed by atoms with Crippen LogP contribution in [0, 0.1) is 0 Å². The minimum absolute atomic E-state index is 0.152. The van der Waals surface area contributed by atoms with Gasteiger partial charge in [-0.2, -0.15) is 24.5 Å². The number of rotatable bonds is 2. The molecule has 0 saturated carbocycles. The van der Waals surface area contributed by atoms with Crippen molar-refractivity contribution in [3.8, 4) is 0 Å². The van der Waals surface area contributed by atoms with Gasteiger partial charge in [-0.05, 0) is 6.42 Å². The predicted octanol–water partition coefficient (Wildman–Crippen LogP) is 1.66. The molecule has 2 saturated heterocycles. The Morgan fingerprint density at radius 1 is 1.29 bits per heavy atom. The molecule has 3 rings (SSSR count). The highest BCUT2D eigenvalue weighted by atomic mass is 32.1.